The number of fused-ring (bicyclic) bond motifs is 5. The van der Waals surface area contributed by atoms with Gasteiger partial charge in [0.15, 0.2) is 0 Å². The van der Waals surface area contributed by atoms with Crippen LogP contribution in [0.15, 0.2) is 12.4 Å². The van der Waals surface area contributed by atoms with Crippen molar-refractivity contribution in [3.63, 3.8) is 0 Å². The summed E-state index contributed by atoms with van der Waals surface area (Å²) in [6, 6.07) is -0.000597. The maximum atomic E-state index is 12.7. The van der Waals surface area contributed by atoms with Gasteiger partial charge >= 0.3 is 0 Å². The second kappa shape index (κ2) is 7.05. The lowest BCUT2D eigenvalue weighted by Crippen LogP contribution is -2.47. The molecule has 3 saturated carbocycles. The van der Waals surface area contributed by atoms with Crippen molar-refractivity contribution < 1.29 is 9.59 Å². The lowest BCUT2D eigenvalue weighted by molar-refractivity contribution is -0.125. The van der Waals surface area contributed by atoms with Crippen LogP contribution in [0.4, 0.5) is 0 Å². The van der Waals surface area contributed by atoms with E-state index in [4.69, 9.17) is 0 Å². The van der Waals surface area contributed by atoms with E-state index >= 15 is 0 Å². The van der Waals surface area contributed by atoms with Crippen LogP contribution in [0, 0.1) is 35.5 Å². The van der Waals surface area contributed by atoms with Crippen LogP contribution < -0.4 is 10.6 Å². The lowest BCUT2D eigenvalue weighted by atomic mass is 10.00. The highest BCUT2D eigenvalue weighted by Gasteiger charge is 2.67. The van der Waals surface area contributed by atoms with E-state index in [9.17, 15) is 9.59 Å². The van der Waals surface area contributed by atoms with Gasteiger partial charge < -0.3 is 10.6 Å². The highest BCUT2D eigenvalue weighted by Crippen LogP contribution is 2.69. The van der Waals surface area contributed by atoms with Crippen molar-refractivity contribution in [1.29, 1.82) is 0 Å². The van der Waals surface area contributed by atoms with Gasteiger partial charge in [0.05, 0.1) is 6.20 Å². The molecule has 0 radical (unpaired) electrons. The van der Waals surface area contributed by atoms with Crippen molar-refractivity contribution in [2.75, 3.05) is 6.54 Å². The Morgan fingerprint density at radius 3 is 2.62 bits per heavy atom. The Hall–Kier alpha value is -1.85. The number of aryl methyl sites for hydroxylation is 1. The number of H-pyrrole nitrogens is 1. The Labute approximate surface area is 154 Å². The van der Waals surface area contributed by atoms with Gasteiger partial charge in [-0.05, 0) is 60.8 Å². The van der Waals surface area contributed by atoms with E-state index in [2.05, 4.69) is 34.7 Å². The quantitative estimate of drug-likeness (QED) is 0.663. The minimum Gasteiger partial charge on any atom is -0.354 e. The fourth-order valence-corrected chi connectivity index (χ4v) is 5.39. The monoisotopic (exact) mass is 358 g/mol. The SMILES string of the molecule is CC(C)C(CNC(=O)CCc1cn[nH]c1)NC(=O)C1[C@@H]2[C@H]3CC[C@H](C3)[C@H]12. The number of hydrogen-bond acceptors (Lipinski definition) is 3. The molecule has 2 amide bonds. The molecule has 3 aliphatic carbocycles. The van der Waals surface area contributed by atoms with Crippen LogP contribution in [0.1, 0.15) is 45.1 Å². The van der Waals surface area contributed by atoms with Crippen molar-refractivity contribution in [3.05, 3.63) is 18.0 Å². The van der Waals surface area contributed by atoms with Crippen molar-refractivity contribution in [2.45, 2.75) is 52.0 Å². The molecule has 6 atom stereocenters. The molecule has 3 aliphatic rings. The van der Waals surface area contributed by atoms with Crippen LogP contribution in [0.25, 0.3) is 0 Å². The molecule has 1 heterocycles. The van der Waals surface area contributed by atoms with Crippen LogP contribution in [-0.4, -0.2) is 34.6 Å². The smallest absolute Gasteiger partial charge is 0.224 e. The number of carbonyl (C=O) groups excluding carboxylic acids is 2. The molecule has 1 aromatic heterocycles. The summed E-state index contributed by atoms with van der Waals surface area (Å²) in [6.45, 7) is 4.70. The zero-order chi connectivity index (χ0) is 18.3. The number of aromatic nitrogens is 2. The molecule has 6 nitrogen and oxygen atoms in total. The average molecular weight is 358 g/mol. The van der Waals surface area contributed by atoms with Gasteiger partial charge in [0.1, 0.15) is 0 Å². The van der Waals surface area contributed by atoms with Crippen LogP contribution in [0.5, 0.6) is 0 Å². The number of hydrogen-bond donors (Lipinski definition) is 3. The Morgan fingerprint density at radius 2 is 2.00 bits per heavy atom. The molecule has 6 heteroatoms. The van der Waals surface area contributed by atoms with Gasteiger partial charge in [-0.3, -0.25) is 14.7 Å². The maximum absolute atomic E-state index is 12.7. The van der Waals surface area contributed by atoms with Crippen LogP contribution in [0.3, 0.4) is 0 Å². The fourth-order valence-electron chi connectivity index (χ4n) is 5.39. The Balaban J connectivity index is 1.23. The van der Waals surface area contributed by atoms with Crippen molar-refractivity contribution in [1.82, 2.24) is 20.8 Å². The summed E-state index contributed by atoms with van der Waals surface area (Å²) < 4.78 is 0. The number of nitrogens with one attached hydrogen (secondary N) is 3. The van der Waals surface area contributed by atoms with E-state index in [-0.39, 0.29) is 23.8 Å². The summed E-state index contributed by atoms with van der Waals surface area (Å²) in [5, 5.41) is 12.9. The van der Waals surface area contributed by atoms with Gasteiger partial charge in [0.2, 0.25) is 11.8 Å². The maximum Gasteiger partial charge on any atom is 0.224 e. The van der Waals surface area contributed by atoms with Crippen LogP contribution >= 0.6 is 0 Å². The van der Waals surface area contributed by atoms with Crippen LogP contribution in [0.2, 0.25) is 0 Å². The molecular formula is C20H30N4O2. The number of amides is 2. The molecule has 4 rings (SSSR count). The van der Waals surface area contributed by atoms with E-state index in [1.807, 2.05) is 6.20 Å². The largest absolute Gasteiger partial charge is 0.354 e. The van der Waals surface area contributed by atoms with E-state index in [0.29, 0.717) is 37.1 Å². The molecule has 0 saturated heterocycles. The number of rotatable bonds is 8. The first-order valence-electron chi connectivity index (χ1n) is 10.1. The van der Waals surface area contributed by atoms with Crippen molar-refractivity contribution in [3.8, 4) is 0 Å². The zero-order valence-corrected chi connectivity index (χ0v) is 15.7. The molecule has 0 spiro atoms. The van der Waals surface area contributed by atoms with Gasteiger partial charge in [0, 0.05) is 31.1 Å². The van der Waals surface area contributed by atoms with Gasteiger partial charge in [0.25, 0.3) is 0 Å². The summed E-state index contributed by atoms with van der Waals surface area (Å²) in [5.74, 6) is 3.72. The molecule has 0 aromatic carbocycles. The summed E-state index contributed by atoms with van der Waals surface area (Å²) in [4.78, 5) is 24.8. The normalized spacial score (nSPS) is 32.3. The molecule has 1 aromatic rings. The van der Waals surface area contributed by atoms with E-state index in [0.717, 1.165) is 17.4 Å². The van der Waals surface area contributed by atoms with Crippen LogP contribution in [-0.2, 0) is 16.0 Å². The van der Waals surface area contributed by atoms with Gasteiger partial charge in [-0.1, -0.05) is 13.8 Å². The Morgan fingerprint density at radius 1 is 1.27 bits per heavy atom. The molecule has 2 bridgehead atoms. The molecule has 3 fully saturated rings. The minimum absolute atomic E-state index is 0.000597. The first kappa shape index (κ1) is 17.6. The first-order valence-corrected chi connectivity index (χ1v) is 10.1. The predicted octanol–water partition coefficient (Wildman–Crippen LogP) is 1.89. The molecule has 26 heavy (non-hydrogen) atoms. The predicted molar refractivity (Wildman–Crippen MR) is 98.0 cm³/mol. The number of carbonyl (C=O) groups is 2. The van der Waals surface area contributed by atoms with Crippen molar-refractivity contribution >= 4 is 11.8 Å². The van der Waals surface area contributed by atoms with Gasteiger partial charge in [-0.15, -0.1) is 0 Å². The highest BCUT2D eigenvalue weighted by atomic mass is 16.2. The standard InChI is InChI=1S/C20H30N4O2/c1-11(2)15(10-21-16(25)6-3-12-8-22-23-9-12)24-20(26)19-17-13-4-5-14(7-13)18(17)19/h8-9,11,13-15,17-19H,3-7,10H2,1-2H3,(H,21,25)(H,22,23)(H,24,26)/t13-,14+,15?,17+,18-,19?. The molecule has 3 N–H and O–H groups in total. The van der Waals surface area contributed by atoms with E-state index < -0.39 is 0 Å². The highest BCUT2D eigenvalue weighted by molar-refractivity contribution is 5.83. The second-order valence-electron chi connectivity index (χ2n) is 8.78. The fraction of sp³-hybridized carbons (Fsp3) is 0.750. The molecule has 142 valence electrons. The average Bonchev–Trinajstić information content (AvgIpc) is 3.02. The lowest BCUT2D eigenvalue weighted by Gasteiger charge is -2.23. The Bertz CT molecular complexity index is 641. The first-order chi connectivity index (χ1) is 12.5. The summed E-state index contributed by atoms with van der Waals surface area (Å²) in [7, 11) is 0. The molecular weight excluding hydrogens is 328 g/mol. The number of aromatic amines is 1. The minimum atomic E-state index is -0.000597. The van der Waals surface area contributed by atoms with E-state index in [1.165, 1.54) is 19.3 Å². The zero-order valence-electron chi connectivity index (χ0n) is 15.7. The second-order valence-corrected chi connectivity index (χ2v) is 8.78. The number of nitrogens with zero attached hydrogens (tertiary/aromatic N) is 1. The van der Waals surface area contributed by atoms with Gasteiger partial charge in [-0.25, -0.2) is 0 Å². The molecule has 0 aliphatic heterocycles. The Kier molecular flexibility index (Phi) is 4.76. The third-order valence-corrected chi connectivity index (χ3v) is 6.89. The topological polar surface area (TPSA) is 86.9 Å². The third-order valence-electron chi connectivity index (χ3n) is 6.89. The summed E-state index contributed by atoms with van der Waals surface area (Å²) in [6.07, 6.45) is 8.68. The van der Waals surface area contributed by atoms with Gasteiger partial charge in [-0.2, -0.15) is 5.10 Å². The van der Waals surface area contributed by atoms with Crippen molar-refractivity contribution in [2.24, 2.45) is 35.5 Å². The third kappa shape index (κ3) is 3.38. The summed E-state index contributed by atoms with van der Waals surface area (Å²) in [5.41, 5.74) is 1.03. The van der Waals surface area contributed by atoms with E-state index in [1.54, 1.807) is 6.20 Å². The summed E-state index contributed by atoms with van der Waals surface area (Å²) >= 11 is 0. The molecule has 2 unspecified atom stereocenters.